The van der Waals surface area contributed by atoms with E-state index >= 15 is 0 Å². The topological polar surface area (TPSA) is 76.4 Å². The van der Waals surface area contributed by atoms with Crippen LogP contribution >= 0.6 is 0 Å². The van der Waals surface area contributed by atoms with Crippen LogP contribution < -0.4 is 16.6 Å². The van der Waals surface area contributed by atoms with Gasteiger partial charge in [-0.15, -0.1) is 0 Å². The van der Waals surface area contributed by atoms with Crippen molar-refractivity contribution in [2.75, 3.05) is 17.8 Å². The van der Waals surface area contributed by atoms with E-state index in [0.717, 1.165) is 22.1 Å². The molecule has 5 heteroatoms. The fourth-order valence-corrected chi connectivity index (χ4v) is 1.68. The number of nitrogens with one attached hydrogen (secondary N) is 2. The van der Waals surface area contributed by atoms with Gasteiger partial charge in [0.15, 0.2) is 0 Å². The maximum absolute atomic E-state index is 11.1. The number of carbonyl (C=O) groups excluding carboxylic acids is 1. The molecule has 0 aliphatic rings. The monoisotopic (exact) mass is 245 g/mol. The first kappa shape index (κ1) is 12.0. The standard InChI is InChI=1S/C13H15N3O2/c1-2-18-13(17)16-15-10-6-7-11-9(8-10)4-3-5-12(11)14/h3-8,15H,2,14H2,1H3,(H,16,17). The summed E-state index contributed by atoms with van der Waals surface area (Å²) in [5.74, 6) is 0. The highest BCUT2D eigenvalue weighted by Gasteiger charge is 2.01. The second-order valence-corrected chi connectivity index (χ2v) is 3.75. The number of amides is 1. The molecule has 2 rings (SSSR count). The molecule has 94 valence electrons. The van der Waals surface area contributed by atoms with Crippen molar-refractivity contribution >= 4 is 28.2 Å². The van der Waals surface area contributed by atoms with Gasteiger partial charge in [-0.05, 0) is 30.5 Å². The third kappa shape index (κ3) is 2.63. The zero-order valence-corrected chi connectivity index (χ0v) is 10.1. The molecule has 4 N–H and O–H groups in total. The molecule has 0 aliphatic heterocycles. The summed E-state index contributed by atoms with van der Waals surface area (Å²) in [7, 11) is 0. The van der Waals surface area contributed by atoms with Crippen LogP contribution in [0.1, 0.15) is 6.92 Å². The Morgan fingerprint density at radius 3 is 2.94 bits per heavy atom. The van der Waals surface area contributed by atoms with Crippen molar-refractivity contribution in [1.29, 1.82) is 0 Å². The fraction of sp³-hybridized carbons (Fsp3) is 0.154. The number of hydrogen-bond acceptors (Lipinski definition) is 4. The summed E-state index contributed by atoms with van der Waals surface area (Å²) in [6.45, 7) is 2.08. The number of nitrogen functional groups attached to an aromatic ring is 1. The molecule has 0 spiro atoms. The van der Waals surface area contributed by atoms with Crippen LogP contribution in [0.25, 0.3) is 10.8 Å². The maximum atomic E-state index is 11.1. The van der Waals surface area contributed by atoms with Gasteiger partial charge < -0.3 is 10.5 Å². The maximum Gasteiger partial charge on any atom is 0.425 e. The number of ether oxygens (including phenoxy) is 1. The molecular formula is C13H15N3O2. The average molecular weight is 245 g/mol. The normalized spacial score (nSPS) is 10.1. The van der Waals surface area contributed by atoms with E-state index in [4.69, 9.17) is 10.5 Å². The molecule has 2 aromatic carbocycles. The second kappa shape index (κ2) is 5.27. The molecule has 0 radical (unpaired) electrons. The first-order valence-corrected chi connectivity index (χ1v) is 5.67. The van der Waals surface area contributed by atoms with E-state index < -0.39 is 6.09 Å². The third-order valence-corrected chi connectivity index (χ3v) is 2.50. The van der Waals surface area contributed by atoms with Gasteiger partial charge in [0, 0.05) is 11.1 Å². The Bertz CT molecular complexity index is 569. The lowest BCUT2D eigenvalue weighted by atomic mass is 10.1. The molecule has 2 aromatic rings. The van der Waals surface area contributed by atoms with Gasteiger partial charge in [0.25, 0.3) is 0 Å². The number of nitrogens with two attached hydrogens (primary N) is 1. The lowest BCUT2D eigenvalue weighted by Crippen LogP contribution is -2.29. The van der Waals surface area contributed by atoms with Crippen LogP contribution in [0.5, 0.6) is 0 Å². The molecule has 0 saturated heterocycles. The minimum absolute atomic E-state index is 0.335. The van der Waals surface area contributed by atoms with Gasteiger partial charge >= 0.3 is 6.09 Å². The van der Waals surface area contributed by atoms with Crippen molar-refractivity contribution in [2.24, 2.45) is 0 Å². The summed E-state index contributed by atoms with van der Waals surface area (Å²) in [4.78, 5) is 11.1. The lowest BCUT2D eigenvalue weighted by molar-refractivity contribution is 0.154. The van der Waals surface area contributed by atoms with Crippen LogP contribution in [-0.4, -0.2) is 12.7 Å². The van der Waals surface area contributed by atoms with Crippen molar-refractivity contribution in [3.8, 4) is 0 Å². The molecule has 0 aromatic heterocycles. The van der Waals surface area contributed by atoms with E-state index in [2.05, 4.69) is 10.9 Å². The van der Waals surface area contributed by atoms with Gasteiger partial charge in [-0.2, -0.15) is 0 Å². The van der Waals surface area contributed by atoms with Gasteiger partial charge in [0.2, 0.25) is 0 Å². The van der Waals surface area contributed by atoms with Gasteiger partial charge in [-0.1, -0.05) is 18.2 Å². The van der Waals surface area contributed by atoms with E-state index in [-0.39, 0.29) is 0 Å². The molecule has 0 aliphatic carbocycles. The molecule has 5 nitrogen and oxygen atoms in total. The minimum atomic E-state index is -0.509. The average Bonchev–Trinajstić information content (AvgIpc) is 2.37. The Morgan fingerprint density at radius 1 is 1.33 bits per heavy atom. The number of benzene rings is 2. The third-order valence-electron chi connectivity index (χ3n) is 2.50. The van der Waals surface area contributed by atoms with Crippen LogP contribution in [0.3, 0.4) is 0 Å². The van der Waals surface area contributed by atoms with Crippen molar-refractivity contribution in [3.05, 3.63) is 36.4 Å². The molecule has 0 fully saturated rings. The first-order chi connectivity index (χ1) is 8.70. The molecule has 0 saturated carbocycles. The molecule has 0 unspecified atom stereocenters. The number of fused-ring (bicyclic) bond motifs is 1. The Kier molecular flexibility index (Phi) is 3.52. The molecule has 18 heavy (non-hydrogen) atoms. The van der Waals surface area contributed by atoms with Crippen LogP contribution in [0.15, 0.2) is 36.4 Å². The lowest BCUT2D eigenvalue weighted by Gasteiger charge is -2.09. The highest BCUT2D eigenvalue weighted by atomic mass is 16.5. The highest BCUT2D eigenvalue weighted by molar-refractivity contribution is 5.94. The Labute approximate surface area is 105 Å². The summed E-state index contributed by atoms with van der Waals surface area (Å²) >= 11 is 0. The van der Waals surface area contributed by atoms with Crippen molar-refractivity contribution in [3.63, 3.8) is 0 Å². The first-order valence-electron chi connectivity index (χ1n) is 5.67. The highest BCUT2D eigenvalue weighted by Crippen LogP contribution is 2.23. The number of anilines is 2. The van der Waals surface area contributed by atoms with E-state index in [1.54, 1.807) is 6.92 Å². The van der Waals surface area contributed by atoms with Crippen molar-refractivity contribution in [1.82, 2.24) is 5.43 Å². The quantitative estimate of drug-likeness (QED) is 0.573. The molecule has 0 bridgehead atoms. The minimum Gasteiger partial charge on any atom is -0.449 e. The van der Waals surface area contributed by atoms with Gasteiger partial charge in [0.1, 0.15) is 0 Å². The summed E-state index contributed by atoms with van der Waals surface area (Å²) in [6.07, 6.45) is -0.509. The molecule has 1 amide bonds. The van der Waals surface area contributed by atoms with E-state index in [9.17, 15) is 4.79 Å². The van der Waals surface area contributed by atoms with Crippen molar-refractivity contribution in [2.45, 2.75) is 6.92 Å². The Hall–Kier alpha value is -2.43. The van der Waals surface area contributed by atoms with Crippen LogP contribution in [0.4, 0.5) is 16.2 Å². The molecule has 0 heterocycles. The fourth-order valence-electron chi connectivity index (χ4n) is 1.68. The van der Waals surface area contributed by atoms with Crippen LogP contribution in [-0.2, 0) is 4.74 Å². The van der Waals surface area contributed by atoms with E-state index in [0.29, 0.717) is 6.61 Å². The van der Waals surface area contributed by atoms with E-state index in [1.807, 2.05) is 36.4 Å². The number of hydrogen-bond donors (Lipinski definition) is 3. The zero-order valence-electron chi connectivity index (χ0n) is 10.1. The largest absolute Gasteiger partial charge is 0.449 e. The second-order valence-electron chi connectivity index (χ2n) is 3.75. The van der Waals surface area contributed by atoms with Crippen LogP contribution in [0.2, 0.25) is 0 Å². The number of hydrazine groups is 1. The van der Waals surface area contributed by atoms with Crippen molar-refractivity contribution < 1.29 is 9.53 Å². The predicted molar refractivity (Wildman–Crippen MR) is 72.1 cm³/mol. The number of rotatable bonds is 3. The van der Waals surface area contributed by atoms with Crippen LogP contribution in [0, 0.1) is 0 Å². The summed E-state index contributed by atoms with van der Waals surface area (Å²) < 4.78 is 4.74. The van der Waals surface area contributed by atoms with Gasteiger partial charge in [-0.25, -0.2) is 10.2 Å². The summed E-state index contributed by atoms with van der Waals surface area (Å²) in [5, 5.41) is 1.99. The van der Waals surface area contributed by atoms with E-state index in [1.165, 1.54) is 0 Å². The summed E-state index contributed by atoms with van der Waals surface area (Å²) in [6, 6.07) is 11.3. The molecule has 0 atom stereocenters. The SMILES string of the molecule is CCOC(=O)NNc1ccc2c(N)cccc2c1. The zero-order chi connectivity index (χ0) is 13.0. The Balaban J connectivity index is 2.13. The smallest absolute Gasteiger partial charge is 0.425 e. The van der Waals surface area contributed by atoms with Gasteiger partial charge in [-0.3, -0.25) is 5.43 Å². The predicted octanol–water partition coefficient (Wildman–Crippen LogP) is 2.50. The number of carbonyl (C=O) groups is 1. The van der Waals surface area contributed by atoms with Gasteiger partial charge in [0.05, 0.1) is 12.3 Å². The molecular weight excluding hydrogens is 230 g/mol. The summed E-state index contributed by atoms with van der Waals surface area (Å²) in [5.41, 5.74) is 12.6. The Morgan fingerprint density at radius 2 is 2.17 bits per heavy atom.